The quantitative estimate of drug-likeness (QED) is 0.766. The normalized spacial score (nSPS) is 26.5. The molecule has 0 aromatic rings. The molecule has 2 rings (SSSR count). The van der Waals surface area contributed by atoms with Gasteiger partial charge in [0.2, 0.25) is 0 Å². The van der Waals surface area contributed by atoms with Crippen LogP contribution >= 0.6 is 0 Å². The van der Waals surface area contributed by atoms with Crippen LogP contribution in [0.3, 0.4) is 0 Å². The van der Waals surface area contributed by atoms with Crippen molar-refractivity contribution in [1.82, 2.24) is 5.32 Å². The van der Waals surface area contributed by atoms with Crippen LogP contribution in [-0.4, -0.2) is 25.3 Å². The van der Waals surface area contributed by atoms with E-state index in [1.807, 2.05) is 7.11 Å². The van der Waals surface area contributed by atoms with E-state index in [9.17, 15) is 0 Å². The molecule has 0 heterocycles. The molecule has 2 fully saturated rings. The Kier molecular flexibility index (Phi) is 4.87. The van der Waals surface area contributed by atoms with Crippen molar-refractivity contribution in [3.8, 4) is 0 Å². The van der Waals surface area contributed by atoms with Gasteiger partial charge in [0.25, 0.3) is 0 Å². The minimum Gasteiger partial charge on any atom is -0.378 e. The molecule has 0 radical (unpaired) electrons. The molecule has 1 atom stereocenters. The Bertz CT molecular complexity index is 213. The first-order valence-electron chi connectivity index (χ1n) is 7.58. The Morgan fingerprint density at radius 1 is 1.18 bits per heavy atom. The second kappa shape index (κ2) is 6.19. The van der Waals surface area contributed by atoms with Gasteiger partial charge in [-0.2, -0.15) is 0 Å². The van der Waals surface area contributed by atoms with Crippen LogP contribution in [0.2, 0.25) is 0 Å². The van der Waals surface area contributed by atoms with Gasteiger partial charge in [0, 0.05) is 13.2 Å². The molecule has 0 bridgehead atoms. The molecule has 0 aromatic carbocycles. The van der Waals surface area contributed by atoms with E-state index in [0.29, 0.717) is 6.04 Å². The average Bonchev–Trinajstić information content (AvgIpc) is 2.33. The Morgan fingerprint density at radius 2 is 1.88 bits per heavy atom. The largest absolute Gasteiger partial charge is 0.378 e. The standard InChI is InChI=1S/C15H29NO/c1-3-16-14(13-8-5-4-6-9-13)12-15(17-2)10-7-11-15/h13-14,16H,3-12H2,1-2H3. The molecule has 0 spiro atoms. The lowest BCUT2D eigenvalue weighted by Crippen LogP contribution is -2.48. The Hall–Kier alpha value is -0.0800. The lowest BCUT2D eigenvalue weighted by molar-refractivity contribution is -0.0877. The first-order valence-corrected chi connectivity index (χ1v) is 7.58. The predicted octanol–water partition coefficient (Wildman–Crippen LogP) is 3.50. The lowest BCUT2D eigenvalue weighted by Gasteiger charge is -2.45. The van der Waals surface area contributed by atoms with Crippen molar-refractivity contribution in [2.75, 3.05) is 13.7 Å². The zero-order valence-electron chi connectivity index (χ0n) is 11.6. The SMILES string of the molecule is CCNC(CC1(OC)CCC1)C1CCCCC1. The summed E-state index contributed by atoms with van der Waals surface area (Å²) in [7, 11) is 1.91. The minimum absolute atomic E-state index is 0.226. The van der Waals surface area contributed by atoms with Gasteiger partial charge in [0.05, 0.1) is 5.60 Å². The van der Waals surface area contributed by atoms with E-state index in [0.717, 1.165) is 12.5 Å². The Labute approximate surface area is 107 Å². The van der Waals surface area contributed by atoms with Crippen LogP contribution in [0, 0.1) is 5.92 Å². The maximum absolute atomic E-state index is 5.80. The first-order chi connectivity index (χ1) is 8.29. The van der Waals surface area contributed by atoms with E-state index in [1.54, 1.807) is 0 Å². The summed E-state index contributed by atoms with van der Waals surface area (Å²) in [6.07, 6.45) is 12.3. The van der Waals surface area contributed by atoms with Gasteiger partial charge in [-0.25, -0.2) is 0 Å². The molecular formula is C15H29NO. The maximum atomic E-state index is 5.80. The molecule has 2 aliphatic carbocycles. The molecule has 0 amide bonds. The summed E-state index contributed by atoms with van der Waals surface area (Å²) in [5.41, 5.74) is 0.226. The average molecular weight is 239 g/mol. The van der Waals surface area contributed by atoms with Gasteiger partial charge in [0.1, 0.15) is 0 Å². The number of ether oxygens (including phenoxy) is 1. The van der Waals surface area contributed by atoms with E-state index < -0.39 is 0 Å². The predicted molar refractivity (Wildman–Crippen MR) is 72.2 cm³/mol. The summed E-state index contributed by atoms with van der Waals surface area (Å²) < 4.78 is 5.80. The highest BCUT2D eigenvalue weighted by atomic mass is 16.5. The van der Waals surface area contributed by atoms with Crippen LogP contribution in [0.1, 0.15) is 64.7 Å². The first kappa shape index (κ1) is 13.4. The summed E-state index contributed by atoms with van der Waals surface area (Å²) >= 11 is 0. The third kappa shape index (κ3) is 3.23. The van der Waals surface area contributed by atoms with Gasteiger partial charge in [-0.15, -0.1) is 0 Å². The summed E-state index contributed by atoms with van der Waals surface area (Å²) in [5.74, 6) is 0.899. The molecule has 2 nitrogen and oxygen atoms in total. The highest BCUT2D eigenvalue weighted by molar-refractivity contribution is 4.95. The highest BCUT2D eigenvalue weighted by Crippen LogP contribution is 2.41. The van der Waals surface area contributed by atoms with Crippen LogP contribution in [0.25, 0.3) is 0 Å². The van der Waals surface area contributed by atoms with Crippen molar-refractivity contribution in [2.45, 2.75) is 76.4 Å². The van der Waals surface area contributed by atoms with Crippen LogP contribution in [-0.2, 0) is 4.74 Å². The van der Waals surface area contributed by atoms with Gasteiger partial charge in [-0.3, -0.25) is 0 Å². The van der Waals surface area contributed by atoms with Gasteiger partial charge in [0.15, 0.2) is 0 Å². The Morgan fingerprint density at radius 3 is 2.35 bits per heavy atom. The number of hydrogen-bond acceptors (Lipinski definition) is 2. The summed E-state index contributed by atoms with van der Waals surface area (Å²) in [6.45, 7) is 3.33. The number of nitrogens with one attached hydrogen (secondary N) is 1. The van der Waals surface area contributed by atoms with Crippen LogP contribution in [0.15, 0.2) is 0 Å². The van der Waals surface area contributed by atoms with E-state index >= 15 is 0 Å². The van der Waals surface area contributed by atoms with Crippen molar-refractivity contribution in [1.29, 1.82) is 0 Å². The maximum Gasteiger partial charge on any atom is 0.0693 e. The number of hydrogen-bond donors (Lipinski definition) is 1. The minimum atomic E-state index is 0.226. The third-order valence-corrected chi connectivity index (χ3v) is 4.97. The monoisotopic (exact) mass is 239 g/mol. The molecule has 100 valence electrons. The van der Waals surface area contributed by atoms with Crippen molar-refractivity contribution < 1.29 is 4.74 Å². The second-order valence-electron chi connectivity index (χ2n) is 6.01. The summed E-state index contributed by atoms with van der Waals surface area (Å²) in [6, 6.07) is 0.695. The molecule has 2 aliphatic rings. The van der Waals surface area contributed by atoms with E-state index in [1.165, 1.54) is 57.8 Å². The van der Waals surface area contributed by atoms with Gasteiger partial charge < -0.3 is 10.1 Å². The van der Waals surface area contributed by atoms with Crippen LogP contribution < -0.4 is 5.32 Å². The molecule has 0 saturated heterocycles. The van der Waals surface area contributed by atoms with E-state index in [2.05, 4.69) is 12.2 Å². The summed E-state index contributed by atoms with van der Waals surface area (Å²) in [5, 5.41) is 3.73. The molecule has 2 saturated carbocycles. The van der Waals surface area contributed by atoms with E-state index in [-0.39, 0.29) is 5.60 Å². The molecule has 0 aliphatic heterocycles. The summed E-state index contributed by atoms with van der Waals surface area (Å²) in [4.78, 5) is 0. The van der Waals surface area contributed by atoms with Gasteiger partial charge in [-0.1, -0.05) is 26.2 Å². The van der Waals surface area contributed by atoms with Gasteiger partial charge >= 0.3 is 0 Å². The Balaban J connectivity index is 1.91. The number of rotatable bonds is 6. The zero-order chi connectivity index (χ0) is 12.1. The van der Waals surface area contributed by atoms with Crippen LogP contribution in [0.4, 0.5) is 0 Å². The highest BCUT2D eigenvalue weighted by Gasteiger charge is 2.40. The topological polar surface area (TPSA) is 21.3 Å². The smallest absolute Gasteiger partial charge is 0.0693 e. The third-order valence-electron chi connectivity index (χ3n) is 4.97. The molecule has 1 unspecified atom stereocenters. The zero-order valence-corrected chi connectivity index (χ0v) is 11.6. The molecule has 17 heavy (non-hydrogen) atoms. The fourth-order valence-corrected chi connectivity index (χ4v) is 3.67. The molecule has 2 heteroatoms. The van der Waals surface area contributed by atoms with Crippen molar-refractivity contribution in [3.63, 3.8) is 0 Å². The molecular weight excluding hydrogens is 210 g/mol. The lowest BCUT2D eigenvalue weighted by atomic mass is 9.71. The van der Waals surface area contributed by atoms with Crippen LogP contribution in [0.5, 0.6) is 0 Å². The molecule has 0 aromatic heterocycles. The second-order valence-corrected chi connectivity index (χ2v) is 6.01. The van der Waals surface area contributed by atoms with Gasteiger partial charge in [-0.05, 0) is 51.0 Å². The van der Waals surface area contributed by atoms with E-state index in [4.69, 9.17) is 4.74 Å². The molecule has 1 N–H and O–H groups in total. The fraction of sp³-hybridized carbons (Fsp3) is 1.00. The van der Waals surface area contributed by atoms with Crippen molar-refractivity contribution in [3.05, 3.63) is 0 Å². The van der Waals surface area contributed by atoms with Crippen molar-refractivity contribution >= 4 is 0 Å². The van der Waals surface area contributed by atoms with Crippen molar-refractivity contribution in [2.24, 2.45) is 5.92 Å². The fourth-order valence-electron chi connectivity index (χ4n) is 3.67. The number of methoxy groups -OCH3 is 1.